The molecule has 0 aliphatic carbocycles. The SMILES string of the molecule is CC(C)n1cc(C(N)=O)cn1. The van der Waals surface area contributed by atoms with Gasteiger partial charge in [-0.3, -0.25) is 9.48 Å². The van der Waals surface area contributed by atoms with E-state index in [1.54, 1.807) is 10.9 Å². The van der Waals surface area contributed by atoms with Crippen LogP contribution in [0.5, 0.6) is 0 Å². The first-order valence-electron chi connectivity index (χ1n) is 3.45. The second-order valence-electron chi connectivity index (χ2n) is 2.67. The van der Waals surface area contributed by atoms with E-state index in [-0.39, 0.29) is 6.04 Å². The molecule has 0 unspecified atom stereocenters. The molecule has 1 rings (SSSR count). The van der Waals surface area contributed by atoms with E-state index in [9.17, 15) is 4.79 Å². The van der Waals surface area contributed by atoms with Crippen LogP contribution in [0.15, 0.2) is 12.4 Å². The van der Waals surface area contributed by atoms with Gasteiger partial charge in [-0.05, 0) is 13.8 Å². The fourth-order valence-electron chi connectivity index (χ4n) is 0.748. The van der Waals surface area contributed by atoms with Crippen LogP contribution in [0.25, 0.3) is 0 Å². The van der Waals surface area contributed by atoms with Crippen LogP contribution in [0.3, 0.4) is 0 Å². The van der Waals surface area contributed by atoms with E-state index in [2.05, 4.69) is 5.10 Å². The van der Waals surface area contributed by atoms with E-state index in [1.807, 2.05) is 13.8 Å². The third kappa shape index (κ3) is 1.58. The van der Waals surface area contributed by atoms with Gasteiger partial charge in [0.1, 0.15) is 0 Å². The summed E-state index contributed by atoms with van der Waals surface area (Å²) in [6.45, 7) is 3.97. The summed E-state index contributed by atoms with van der Waals surface area (Å²) in [5.74, 6) is -0.433. The normalized spacial score (nSPS) is 10.5. The molecular weight excluding hydrogens is 142 g/mol. The number of hydrogen-bond acceptors (Lipinski definition) is 2. The van der Waals surface area contributed by atoms with Gasteiger partial charge in [0.15, 0.2) is 0 Å². The molecule has 4 nitrogen and oxygen atoms in total. The Kier molecular flexibility index (Phi) is 1.94. The Bertz CT molecular complexity index is 264. The van der Waals surface area contributed by atoms with Gasteiger partial charge in [-0.2, -0.15) is 5.10 Å². The van der Waals surface area contributed by atoms with Crippen molar-refractivity contribution in [1.29, 1.82) is 0 Å². The van der Waals surface area contributed by atoms with Crippen molar-refractivity contribution in [3.05, 3.63) is 18.0 Å². The van der Waals surface area contributed by atoms with Crippen LogP contribution in [0.4, 0.5) is 0 Å². The standard InChI is InChI=1S/C7H11N3O/c1-5(2)10-4-6(3-9-10)7(8)11/h3-5H,1-2H3,(H2,8,11). The summed E-state index contributed by atoms with van der Waals surface area (Å²) < 4.78 is 1.69. The highest BCUT2D eigenvalue weighted by molar-refractivity contribution is 5.92. The number of carbonyl (C=O) groups excluding carboxylic acids is 1. The van der Waals surface area contributed by atoms with Crippen LogP contribution in [0.1, 0.15) is 30.2 Å². The molecule has 1 aromatic rings. The van der Waals surface area contributed by atoms with Gasteiger partial charge in [0, 0.05) is 12.2 Å². The van der Waals surface area contributed by atoms with Gasteiger partial charge in [0.25, 0.3) is 5.91 Å². The van der Waals surface area contributed by atoms with Crippen molar-refractivity contribution in [2.45, 2.75) is 19.9 Å². The lowest BCUT2D eigenvalue weighted by Gasteiger charge is -2.02. The molecule has 0 fully saturated rings. The monoisotopic (exact) mass is 153 g/mol. The van der Waals surface area contributed by atoms with E-state index in [4.69, 9.17) is 5.73 Å². The number of carbonyl (C=O) groups is 1. The van der Waals surface area contributed by atoms with Gasteiger partial charge in [-0.25, -0.2) is 0 Å². The van der Waals surface area contributed by atoms with Crippen LogP contribution in [-0.4, -0.2) is 15.7 Å². The maximum absolute atomic E-state index is 10.6. The smallest absolute Gasteiger partial charge is 0.251 e. The average Bonchev–Trinajstić information content (AvgIpc) is 2.33. The van der Waals surface area contributed by atoms with Gasteiger partial charge in [0.2, 0.25) is 0 Å². The maximum Gasteiger partial charge on any atom is 0.251 e. The lowest BCUT2D eigenvalue weighted by Crippen LogP contribution is -2.09. The molecule has 4 heteroatoms. The van der Waals surface area contributed by atoms with E-state index >= 15 is 0 Å². The molecule has 0 saturated carbocycles. The Labute approximate surface area is 65.0 Å². The number of amides is 1. The number of nitrogens with zero attached hydrogens (tertiary/aromatic N) is 2. The quantitative estimate of drug-likeness (QED) is 0.674. The largest absolute Gasteiger partial charge is 0.366 e. The van der Waals surface area contributed by atoms with Crippen molar-refractivity contribution in [2.75, 3.05) is 0 Å². The zero-order chi connectivity index (χ0) is 8.43. The second-order valence-corrected chi connectivity index (χ2v) is 2.67. The highest BCUT2D eigenvalue weighted by Crippen LogP contribution is 2.03. The summed E-state index contributed by atoms with van der Waals surface area (Å²) in [5.41, 5.74) is 5.49. The summed E-state index contributed by atoms with van der Waals surface area (Å²) in [5, 5.41) is 3.95. The summed E-state index contributed by atoms with van der Waals surface area (Å²) >= 11 is 0. The van der Waals surface area contributed by atoms with Crippen LogP contribution in [0.2, 0.25) is 0 Å². The second kappa shape index (κ2) is 2.74. The summed E-state index contributed by atoms with van der Waals surface area (Å²) in [7, 11) is 0. The lowest BCUT2D eigenvalue weighted by atomic mass is 10.3. The minimum absolute atomic E-state index is 0.267. The minimum atomic E-state index is -0.433. The highest BCUT2D eigenvalue weighted by atomic mass is 16.1. The van der Waals surface area contributed by atoms with Gasteiger partial charge >= 0.3 is 0 Å². The summed E-state index contributed by atoms with van der Waals surface area (Å²) in [6.07, 6.45) is 3.12. The number of aromatic nitrogens is 2. The average molecular weight is 153 g/mol. The first kappa shape index (κ1) is 7.78. The Morgan fingerprint density at radius 2 is 2.36 bits per heavy atom. The molecule has 2 N–H and O–H groups in total. The molecule has 60 valence electrons. The first-order chi connectivity index (χ1) is 5.11. The number of rotatable bonds is 2. The van der Waals surface area contributed by atoms with Gasteiger partial charge in [-0.15, -0.1) is 0 Å². The molecule has 0 atom stereocenters. The first-order valence-corrected chi connectivity index (χ1v) is 3.45. The molecule has 1 amide bonds. The van der Waals surface area contributed by atoms with Crippen LogP contribution in [-0.2, 0) is 0 Å². The van der Waals surface area contributed by atoms with E-state index in [1.165, 1.54) is 6.20 Å². The van der Waals surface area contributed by atoms with Crippen molar-refractivity contribution in [1.82, 2.24) is 9.78 Å². The topological polar surface area (TPSA) is 60.9 Å². The number of nitrogens with two attached hydrogens (primary N) is 1. The maximum atomic E-state index is 10.6. The Morgan fingerprint density at radius 1 is 1.73 bits per heavy atom. The van der Waals surface area contributed by atoms with Crippen molar-refractivity contribution < 1.29 is 4.79 Å². The van der Waals surface area contributed by atoms with Crippen molar-refractivity contribution >= 4 is 5.91 Å². The zero-order valence-electron chi connectivity index (χ0n) is 6.61. The molecule has 1 aromatic heterocycles. The molecule has 0 aromatic carbocycles. The molecule has 0 saturated heterocycles. The number of primary amides is 1. The third-order valence-electron chi connectivity index (χ3n) is 1.42. The summed E-state index contributed by atoms with van der Waals surface area (Å²) in [4.78, 5) is 10.6. The minimum Gasteiger partial charge on any atom is -0.366 e. The molecule has 0 aliphatic heterocycles. The van der Waals surface area contributed by atoms with Gasteiger partial charge < -0.3 is 5.73 Å². The van der Waals surface area contributed by atoms with Crippen molar-refractivity contribution in [3.8, 4) is 0 Å². The fourth-order valence-corrected chi connectivity index (χ4v) is 0.748. The fraction of sp³-hybridized carbons (Fsp3) is 0.429. The predicted molar refractivity (Wildman–Crippen MR) is 41.1 cm³/mol. The molecule has 0 aliphatic rings. The predicted octanol–water partition coefficient (Wildman–Crippen LogP) is 0.563. The van der Waals surface area contributed by atoms with Crippen molar-refractivity contribution in [2.24, 2.45) is 5.73 Å². The molecule has 0 radical (unpaired) electrons. The number of hydrogen-bond donors (Lipinski definition) is 1. The van der Waals surface area contributed by atoms with Crippen molar-refractivity contribution in [3.63, 3.8) is 0 Å². The van der Waals surface area contributed by atoms with E-state index in [0.717, 1.165) is 0 Å². The van der Waals surface area contributed by atoms with Crippen LogP contribution >= 0.6 is 0 Å². The zero-order valence-corrected chi connectivity index (χ0v) is 6.61. The molecular formula is C7H11N3O. The van der Waals surface area contributed by atoms with Crippen LogP contribution in [0, 0.1) is 0 Å². The summed E-state index contributed by atoms with van der Waals surface area (Å²) in [6, 6.07) is 0.267. The molecule has 0 spiro atoms. The van der Waals surface area contributed by atoms with E-state index < -0.39 is 5.91 Å². The molecule has 11 heavy (non-hydrogen) atoms. The Balaban J connectivity index is 2.90. The molecule has 1 heterocycles. The Hall–Kier alpha value is -1.32. The highest BCUT2D eigenvalue weighted by Gasteiger charge is 2.04. The van der Waals surface area contributed by atoms with Crippen LogP contribution < -0.4 is 5.73 Å². The third-order valence-corrected chi connectivity index (χ3v) is 1.42. The van der Waals surface area contributed by atoms with E-state index in [0.29, 0.717) is 5.56 Å². The molecule has 0 bridgehead atoms. The Morgan fingerprint density at radius 3 is 2.64 bits per heavy atom. The van der Waals surface area contributed by atoms with Gasteiger partial charge in [-0.1, -0.05) is 0 Å². The van der Waals surface area contributed by atoms with Gasteiger partial charge in [0.05, 0.1) is 11.8 Å². The lowest BCUT2D eigenvalue weighted by molar-refractivity contribution is 0.1000.